The fourth-order valence-corrected chi connectivity index (χ4v) is 7.63. The number of rotatable bonds is 20. The number of allylic oxidation sites excluding steroid dienone is 1. The Kier molecular flexibility index (Phi) is 16.1. The highest BCUT2D eigenvalue weighted by molar-refractivity contribution is 5.90. The van der Waals surface area contributed by atoms with Gasteiger partial charge in [-0.15, -0.1) is 0 Å². The van der Waals surface area contributed by atoms with Gasteiger partial charge >= 0.3 is 5.97 Å². The molecule has 2 aliphatic rings. The van der Waals surface area contributed by atoms with Crippen LogP contribution in [0.1, 0.15) is 158 Å². The molecule has 0 aliphatic heterocycles. The molecule has 254 valence electrons. The van der Waals surface area contributed by atoms with Crippen LogP contribution in [-0.4, -0.2) is 19.2 Å². The van der Waals surface area contributed by atoms with Crippen LogP contribution < -0.4 is 9.47 Å². The van der Waals surface area contributed by atoms with Gasteiger partial charge in [-0.2, -0.15) is 0 Å². The average Bonchev–Trinajstić information content (AvgIpc) is 3.10. The lowest BCUT2D eigenvalue weighted by Crippen LogP contribution is -2.25. The summed E-state index contributed by atoms with van der Waals surface area (Å²) in [5.74, 6) is 5.49. The van der Waals surface area contributed by atoms with Crippen molar-refractivity contribution in [3.8, 4) is 11.5 Å². The lowest BCUT2D eigenvalue weighted by Gasteiger charge is -2.38. The zero-order chi connectivity index (χ0) is 32.4. The number of carbonyl (C=O) groups excluding carboxylic acids is 1. The Morgan fingerprint density at radius 3 is 1.74 bits per heavy atom. The summed E-state index contributed by atoms with van der Waals surface area (Å²) in [7, 11) is 0. The van der Waals surface area contributed by atoms with Gasteiger partial charge in [-0.05, 0) is 117 Å². The van der Waals surface area contributed by atoms with E-state index in [2.05, 4.69) is 37.8 Å². The summed E-state index contributed by atoms with van der Waals surface area (Å²) >= 11 is 0. The van der Waals surface area contributed by atoms with Gasteiger partial charge in [0.15, 0.2) is 0 Å². The van der Waals surface area contributed by atoms with Crippen molar-refractivity contribution in [1.29, 1.82) is 0 Å². The molecule has 0 N–H and O–H groups in total. The van der Waals surface area contributed by atoms with Gasteiger partial charge < -0.3 is 14.2 Å². The highest BCUT2D eigenvalue weighted by atomic mass is 16.5. The molecule has 0 bridgehead atoms. The van der Waals surface area contributed by atoms with Crippen molar-refractivity contribution < 1.29 is 19.0 Å². The summed E-state index contributed by atoms with van der Waals surface area (Å²) < 4.78 is 17.0. The third-order valence-corrected chi connectivity index (χ3v) is 10.7. The summed E-state index contributed by atoms with van der Waals surface area (Å²) in [4.78, 5) is 12.1. The van der Waals surface area contributed by atoms with E-state index in [-0.39, 0.29) is 5.97 Å². The molecule has 46 heavy (non-hydrogen) atoms. The van der Waals surface area contributed by atoms with E-state index in [1.165, 1.54) is 108 Å². The molecule has 4 nitrogen and oxygen atoms in total. The minimum atomic E-state index is -0.382. The second-order valence-electron chi connectivity index (χ2n) is 14.1. The zero-order valence-electron chi connectivity index (χ0n) is 29.1. The van der Waals surface area contributed by atoms with Gasteiger partial charge in [0.1, 0.15) is 17.3 Å². The Morgan fingerprint density at radius 2 is 1.17 bits per heavy atom. The van der Waals surface area contributed by atoms with Crippen LogP contribution in [0.5, 0.6) is 11.5 Å². The second-order valence-corrected chi connectivity index (χ2v) is 14.1. The number of esters is 1. The van der Waals surface area contributed by atoms with Crippen LogP contribution in [0, 0.1) is 17.8 Å². The van der Waals surface area contributed by atoms with E-state index in [4.69, 9.17) is 14.2 Å². The van der Waals surface area contributed by atoms with Crippen molar-refractivity contribution >= 4 is 5.97 Å². The molecule has 0 spiro atoms. The molecule has 0 unspecified atom stereocenters. The van der Waals surface area contributed by atoms with Gasteiger partial charge in [0.25, 0.3) is 0 Å². The molecule has 2 fully saturated rings. The third-order valence-electron chi connectivity index (χ3n) is 10.7. The van der Waals surface area contributed by atoms with Crippen LogP contribution in [0.4, 0.5) is 0 Å². The Bertz CT molecular complexity index is 1120. The van der Waals surface area contributed by atoms with E-state index in [9.17, 15) is 4.79 Å². The molecule has 0 saturated heterocycles. The highest BCUT2D eigenvalue weighted by Gasteiger charge is 2.31. The Hall–Kier alpha value is -2.75. The fraction of sp³-hybridized carbons (Fsp3) is 0.643. The second kappa shape index (κ2) is 20.5. The number of ether oxygens (including phenoxy) is 3. The number of benzene rings is 2. The largest absolute Gasteiger partial charge is 0.494 e. The fourth-order valence-electron chi connectivity index (χ4n) is 7.63. The van der Waals surface area contributed by atoms with Gasteiger partial charge in [0.2, 0.25) is 0 Å². The molecule has 0 radical (unpaired) electrons. The van der Waals surface area contributed by atoms with Crippen molar-refractivity contribution in [3.63, 3.8) is 0 Å². The van der Waals surface area contributed by atoms with Crippen LogP contribution in [0.15, 0.2) is 60.9 Å². The van der Waals surface area contributed by atoms with Crippen LogP contribution in [0.2, 0.25) is 0 Å². The van der Waals surface area contributed by atoms with Crippen LogP contribution in [-0.2, 0) is 4.74 Å². The molecule has 2 aromatic rings. The first-order chi connectivity index (χ1) is 22.6. The van der Waals surface area contributed by atoms with Gasteiger partial charge in [-0.3, -0.25) is 0 Å². The SMILES string of the molecule is C=C(CC)OC(=O)c1ccc(OCCCCOc2ccc(C3CCC(C4CCC(CCCCCCCCC)CC4)CC3)cc2)cc1. The lowest BCUT2D eigenvalue weighted by atomic mass is 9.68. The van der Waals surface area contributed by atoms with Gasteiger partial charge in [-0.25, -0.2) is 4.79 Å². The summed E-state index contributed by atoms with van der Waals surface area (Å²) in [5.41, 5.74) is 1.99. The summed E-state index contributed by atoms with van der Waals surface area (Å²) in [6.07, 6.45) is 25.5. The quantitative estimate of drug-likeness (QED) is 0.0829. The van der Waals surface area contributed by atoms with E-state index in [1.54, 1.807) is 24.3 Å². The van der Waals surface area contributed by atoms with E-state index in [0.717, 1.165) is 42.1 Å². The van der Waals surface area contributed by atoms with Crippen molar-refractivity contribution in [3.05, 3.63) is 72.0 Å². The molecule has 0 aromatic heterocycles. The maximum Gasteiger partial charge on any atom is 0.343 e. The van der Waals surface area contributed by atoms with Crippen molar-refractivity contribution in [1.82, 2.24) is 0 Å². The Labute approximate surface area is 280 Å². The van der Waals surface area contributed by atoms with Crippen LogP contribution in [0.3, 0.4) is 0 Å². The summed E-state index contributed by atoms with van der Waals surface area (Å²) in [6.45, 7) is 9.22. The molecular formula is C42H62O4. The number of unbranched alkanes of at least 4 members (excludes halogenated alkanes) is 7. The van der Waals surface area contributed by atoms with E-state index in [0.29, 0.717) is 36.9 Å². The average molecular weight is 631 g/mol. The maximum absolute atomic E-state index is 12.1. The van der Waals surface area contributed by atoms with Crippen molar-refractivity contribution in [2.24, 2.45) is 17.8 Å². The first-order valence-corrected chi connectivity index (χ1v) is 18.9. The minimum Gasteiger partial charge on any atom is -0.494 e. The molecule has 4 rings (SSSR count). The summed E-state index contributed by atoms with van der Waals surface area (Å²) in [5, 5.41) is 0. The predicted octanol–water partition coefficient (Wildman–Crippen LogP) is 12.2. The Balaban J connectivity index is 1.04. The van der Waals surface area contributed by atoms with Gasteiger partial charge in [-0.1, -0.05) is 96.8 Å². The monoisotopic (exact) mass is 630 g/mol. The molecule has 0 heterocycles. The van der Waals surface area contributed by atoms with Crippen molar-refractivity contribution in [2.75, 3.05) is 13.2 Å². The number of hydrogen-bond donors (Lipinski definition) is 0. The molecule has 0 amide bonds. The first kappa shape index (κ1) is 36.1. The standard InChI is InChI=1S/C42H62O4/c1-4-6-7-8-9-10-11-14-34-15-17-35(18-16-34)36-19-21-37(22-20-36)38-23-27-40(28-24-38)44-31-12-13-32-45-41-29-25-39(26-30-41)42(43)46-33(3)5-2/h23-30,34-37H,3-22,31-32H2,1-2H3. The lowest BCUT2D eigenvalue weighted by molar-refractivity contribution is 0.0618. The smallest absolute Gasteiger partial charge is 0.343 e. The molecule has 2 aliphatic carbocycles. The van der Waals surface area contributed by atoms with Crippen LogP contribution >= 0.6 is 0 Å². The Morgan fingerprint density at radius 1 is 0.652 bits per heavy atom. The topological polar surface area (TPSA) is 44.8 Å². The van der Waals surface area contributed by atoms with Gasteiger partial charge in [0.05, 0.1) is 18.8 Å². The zero-order valence-corrected chi connectivity index (χ0v) is 29.1. The van der Waals surface area contributed by atoms with E-state index < -0.39 is 0 Å². The van der Waals surface area contributed by atoms with Crippen LogP contribution in [0.25, 0.3) is 0 Å². The normalized spacial score (nSPS) is 21.4. The molecule has 0 atom stereocenters. The summed E-state index contributed by atoms with van der Waals surface area (Å²) in [6, 6.07) is 16.0. The molecule has 4 heteroatoms. The number of hydrogen-bond acceptors (Lipinski definition) is 4. The third kappa shape index (κ3) is 12.5. The number of carbonyl (C=O) groups is 1. The van der Waals surface area contributed by atoms with Crippen molar-refractivity contribution in [2.45, 2.75) is 142 Å². The molecule has 2 aromatic carbocycles. The molecule has 2 saturated carbocycles. The first-order valence-electron chi connectivity index (χ1n) is 18.9. The van der Waals surface area contributed by atoms with Gasteiger partial charge in [0, 0.05) is 6.42 Å². The predicted molar refractivity (Wildman–Crippen MR) is 191 cm³/mol. The van der Waals surface area contributed by atoms with E-state index in [1.807, 2.05) is 6.92 Å². The maximum atomic E-state index is 12.1. The minimum absolute atomic E-state index is 0.382. The highest BCUT2D eigenvalue weighted by Crippen LogP contribution is 2.44. The van der Waals surface area contributed by atoms with E-state index >= 15 is 0 Å². The molecular weight excluding hydrogens is 568 g/mol.